The minimum Gasteiger partial charge on any atom is -0.361 e. The van der Waals surface area contributed by atoms with Gasteiger partial charge in [-0.1, -0.05) is 5.16 Å². The van der Waals surface area contributed by atoms with E-state index in [0.717, 1.165) is 35.2 Å². The van der Waals surface area contributed by atoms with Crippen LogP contribution in [0.2, 0.25) is 0 Å². The molecule has 114 valence electrons. The van der Waals surface area contributed by atoms with Crippen LogP contribution in [0.4, 0.5) is 0 Å². The highest BCUT2D eigenvalue weighted by Crippen LogP contribution is 2.14. The fraction of sp³-hybridized carbons (Fsp3) is 0.333. The average molecular weight is 299 g/mol. The zero-order chi connectivity index (χ0) is 15.5. The molecule has 1 amide bonds. The minimum absolute atomic E-state index is 0.185. The number of hydrogen-bond acceptors (Lipinski definition) is 5. The number of hydrogen-bond donors (Lipinski definition) is 2. The molecule has 7 heteroatoms. The lowest BCUT2D eigenvalue weighted by molar-refractivity contribution is 0.0948. The Bertz CT molecular complexity index is 786. The molecule has 0 aliphatic heterocycles. The third-order valence-corrected chi connectivity index (χ3v) is 3.60. The SMILES string of the molecule is Cc1noc(C)c1CCCNC(=O)c1ccc2cn[nH]c2n1. The van der Waals surface area contributed by atoms with E-state index in [1.54, 1.807) is 12.3 Å². The number of H-pyrrole nitrogens is 1. The van der Waals surface area contributed by atoms with Crippen molar-refractivity contribution in [1.29, 1.82) is 0 Å². The van der Waals surface area contributed by atoms with Crippen LogP contribution in [-0.2, 0) is 6.42 Å². The third kappa shape index (κ3) is 2.83. The molecule has 0 atom stereocenters. The van der Waals surface area contributed by atoms with Crippen LogP contribution < -0.4 is 5.32 Å². The topological polar surface area (TPSA) is 96.7 Å². The van der Waals surface area contributed by atoms with E-state index in [0.29, 0.717) is 17.9 Å². The molecular weight excluding hydrogens is 282 g/mol. The van der Waals surface area contributed by atoms with Gasteiger partial charge in [-0.2, -0.15) is 5.10 Å². The molecule has 7 nitrogen and oxygen atoms in total. The van der Waals surface area contributed by atoms with Crippen molar-refractivity contribution >= 4 is 16.9 Å². The first-order valence-electron chi connectivity index (χ1n) is 7.15. The van der Waals surface area contributed by atoms with Gasteiger partial charge in [0.15, 0.2) is 5.65 Å². The van der Waals surface area contributed by atoms with E-state index in [1.165, 1.54) is 0 Å². The monoisotopic (exact) mass is 299 g/mol. The van der Waals surface area contributed by atoms with E-state index >= 15 is 0 Å². The molecule has 0 aliphatic carbocycles. The van der Waals surface area contributed by atoms with Crippen LogP contribution in [-0.4, -0.2) is 32.8 Å². The van der Waals surface area contributed by atoms with Gasteiger partial charge in [0.1, 0.15) is 11.5 Å². The number of aromatic nitrogens is 4. The summed E-state index contributed by atoms with van der Waals surface area (Å²) in [6.45, 7) is 4.40. The maximum Gasteiger partial charge on any atom is 0.269 e. The Labute approximate surface area is 127 Å². The Morgan fingerprint density at radius 2 is 2.23 bits per heavy atom. The van der Waals surface area contributed by atoms with Gasteiger partial charge in [0.25, 0.3) is 5.91 Å². The number of aromatic amines is 1. The molecule has 3 heterocycles. The van der Waals surface area contributed by atoms with Crippen molar-refractivity contribution in [3.63, 3.8) is 0 Å². The summed E-state index contributed by atoms with van der Waals surface area (Å²) in [4.78, 5) is 16.3. The maximum atomic E-state index is 12.1. The van der Waals surface area contributed by atoms with E-state index in [9.17, 15) is 4.79 Å². The van der Waals surface area contributed by atoms with Gasteiger partial charge in [-0.3, -0.25) is 9.89 Å². The Hall–Kier alpha value is -2.70. The normalized spacial score (nSPS) is 11.0. The quantitative estimate of drug-likeness (QED) is 0.702. The molecule has 0 spiro atoms. The molecule has 0 saturated heterocycles. The van der Waals surface area contributed by atoms with Crippen molar-refractivity contribution in [1.82, 2.24) is 25.7 Å². The van der Waals surface area contributed by atoms with Crippen LogP contribution in [0.15, 0.2) is 22.9 Å². The van der Waals surface area contributed by atoms with Gasteiger partial charge < -0.3 is 9.84 Å². The highest BCUT2D eigenvalue weighted by Gasteiger charge is 2.10. The van der Waals surface area contributed by atoms with Crippen LogP contribution in [0.25, 0.3) is 11.0 Å². The summed E-state index contributed by atoms with van der Waals surface area (Å²) in [5, 5.41) is 14.3. The first kappa shape index (κ1) is 14.2. The largest absolute Gasteiger partial charge is 0.361 e. The maximum absolute atomic E-state index is 12.1. The summed E-state index contributed by atoms with van der Waals surface area (Å²) < 4.78 is 5.12. The van der Waals surface area contributed by atoms with Crippen molar-refractivity contribution in [2.75, 3.05) is 6.54 Å². The summed E-state index contributed by atoms with van der Waals surface area (Å²) >= 11 is 0. The molecule has 0 fully saturated rings. The second-order valence-electron chi connectivity index (χ2n) is 5.17. The van der Waals surface area contributed by atoms with E-state index in [2.05, 4.69) is 25.7 Å². The molecule has 2 N–H and O–H groups in total. The Morgan fingerprint density at radius 3 is 3.00 bits per heavy atom. The molecular formula is C15H17N5O2. The molecule has 0 aliphatic rings. The second-order valence-corrected chi connectivity index (χ2v) is 5.17. The van der Waals surface area contributed by atoms with Crippen molar-refractivity contribution in [2.45, 2.75) is 26.7 Å². The Kier molecular flexibility index (Phi) is 3.86. The lowest BCUT2D eigenvalue weighted by atomic mass is 10.1. The molecule has 3 aromatic rings. The van der Waals surface area contributed by atoms with Crippen LogP contribution in [0.1, 0.15) is 33.9 Å². The number of pyridine rings is 1. The number of nitrogens with one attached hydrogen (secondary N) is 2. The highest BCUT2D eigenvalue weighted by molar-refractivity contribution is 5.94. The van der Waals surface area contributed by atoms with Crippen LogP contribution >= 0.6 is 0 Å². The van der Waals surface area contributed by atoms with Crippen molar-refractivity contribution in [2.24, 2.45) is 0 Å². The number of amides is 1. The summed E-state index contributed by atoms with van der Waals surface area (Å²) in [6.07, 6.45) is 3.32. The smallest absolute Gasteiger partial charge is 0.269 e. The van der Waals surface area contributed by atoms with Crippen molar-refractivity contribution < 1.29 is 9.32 Å². The Morgan fingerprint density at radius 1 is 1.36 bits per heavy atom. The van der Waals surface area contributed by atoms with Gasteiger partial charge in [0, 0.05) is 17.5 Å². The van der Waals surface area contributed by atoms with E-state index < -0.39 is 0 Å². The van der Waals surface area contributed by atoms with E-state index in [1.807, 2.05) is 19.9 Å². The average Bonchev–Trinajstić information content (AvgIpc) is 3.10. The van der Waals surface area contributed by atoms with Crippen molar-refractivity contribution in [3.05, 3.63) is 41.0 Å². The van der Waals surface area contributed by atoms with Gasteiger partial charge in [-0.05, 0) is 38.8 Å². The standard InChI is InChI=1S/C15H17N5O2/c1-9-12(10(2)22-20-9)4-3-7-16-15(21)13-6-5-11-8-17-19-14(11)18-13/h5-6,8H,3-4,7H2,1-2H3,(H,16,21)(H,17,18,19). The van der Waals surface area contributed by atoms with Crippen molar-refractivity contribution in [3.8, 4) is 0 Å². The zero-order valence-corrected chi connectivity index (χ0v) is 12.5. The Balaban J connectivity index is 1.54. The number of carbonyl (C=O) groups excluding carboxylic acids is 1. The first-order valence-corrected chi connectivity index (χ1v) is 7.15. The minimum atomic E-state index is -0.185. The lowest BCUT2D eigenvalue weighted by Crippen LogP contribution is -2.25. The number of carbonyl (C=O) groups is 1. The summed E-state index contributed by atoms with van der Waals surface area (Å²) in [5.74, 6) is 0.658. The van der Waals surface area contributed by atoms with Crippen LogP contribution in [0, 0.1) is 13.8 Å². The third-order valence-electron chi connectivity index (χ3n) is 3.60. The summed E-state index contributed by atoms with van der Waals surface area (Å²) in [5.41, 5.74) is 3.03. The van der Waals surface area contributed by atoms with E-state index in [4.69, 9.17) is 4.52 Å². The fourth-order valence-electron chi connectivity index (χ4n) is 2.37. The molecule has 3 aromatic heterocycles. The predicted molar refractivity (Wildman–Crippen MR) is 80.5 cm³/mol. The summed E-state index contributed by atoms with van der Waals surface area (Å²) in [7, 11) is 0. The molecule has 0 unspecified atom stereocenters. The van der Waals surface area contributed by atoms with Gasteiger partial charge in [-0.25, -0.2) is 4.98 Å². The molecule has 0 saturated carbocycles. The molecule has 0 aromatic carbocycles. The van der Waals surface area contributed by atoms with Gasteiger partial charge in [0.2, 0.25) is 0 Å². The number of aryl methyl sites for hydroxylation is 2. The summed E-state index contributed by atoms with van der Waals surface area (Å²) in [6, 6.07) is 3.52. The molecule has 3 rings (SSSR count). The fourth-order valence-corrected chi connectivity index (χ4v) is 2.37. The van der Waals surface area contributed by atoms with E-state index in [-0.39, 0.29) is 5.91 Å². The first-order chi connectivity index (χ1) is 10.6. The van der Waals surface area contributed by atoms with Gasteiger partial charge in [0.05, 0.1) is 11.9 Å². The lowest BCUT2D eigenvalue weighted by Gasteiger charge is -2.04. The second kappa shape index (κ2) is 5.97. The highest BCUT2D eigenvalue weighted by atomic mass is 16.5. The molecule has 0 radical (unpaired) electrons. The number of rotatable bonds is 5. The van der Waals surface area contributed by atoms with Gasteiger partial charge >= 0.3 is 0 Å². The molecule has 22 heavy (non-hydrogen) atoms. The number of fused-ring (bicyclic) bond motifs is 1. The van der Waals surface area contributed by atoms with Crippen LogP contribution in [0.3, 0.4) is 0 Å². The number of nitrogens with zero attached hydrogens (tertiary/aromatic N) is 3. The van der Waals surface area contributed by atoms with Gasteiger partial charge in [-0.15, -0.1) is 0 Å². The molecule has 0 bridgehead atoms. The predicted octanol–water partition coefficient (Wildman–Crippen LogP) is 1.93. The van der Waals surface area contributed by atoms with Crippen LogP contribution in [0.5, 0.6) is 0 Å². The zero-order valence-electron chi connectivity index (χ0n) is 12.5.